The van der Waals surface area contributed by atoms with Gasteiger partial charge < -0.3 is 15.0 Å². The number of carbonyl (C=O) groups is 2. The van der Waals surface area contributed by atoms with E-state index in [-0.39, 0.29) is 54.6 Å². The van der Waals surface area contributed by atoms with Gasteiger partial charge in [-0.25, -0.2) is 12.8 Å². The monoisotopic (exact) mass is 595 g/mol. The molecule has 1 aliphatic rings. The lowest BCUT2D eigenvalue weighted by Crippen LogP contribution is -2.51. The van der Waals surface area contributed by atoms with E-state index < -0.39 is 16.1 Å². The van der Waals surface area contributed by atoms with Gasteiger partial charge in [0.1, 0.15) is 17.6 Å². The van der Waals surface area contributed by atoms with E-state index in [1.54, 1.807) is 24.3 Å². The topological polar surface area (TPSA) is 96.0 Å². The first-order valence-corrected chi connectivity index (χ1v) is 15.9. The maximum absolute atomic E-state index is 13.6. The van der Waals surface area contributed by atoms with Crippen LogP contribution in [0.5, 0.6) is 5.75 Å². The molecule has 0 aromatic heterocycles. The summed E-state index contributed by atoms with van der Waals surface area (Å²) in [7, 11) is -2.20. The Bertz CT molecular complexity index is 1250. The molecule has 11 heteroatoms. The van der Waals surface area contributed by atoms with Crippen LogP contribution in [0.1, 0.15) is 63.9 Å². The smallest absolute Gasteiger partial charge is 0.243 e. The molecule has 0 aliphatic heterocycles. The van der Waals surface area contributed by atoms with E-state index in [9.17, 15) is 22.4 Å². The number of ether oxygens (including phenoxy) is 1. The second-order valence-corrected chi connectivity index (χ2v) is 12.5. The van der Waals surface area contributed by atoms with Gasteiger partial charge in [-0.2, -0.15) is 0 Å². The number of amides is 2. The van der Waals surface area contributed by atoms with E-state index in [1.807, 2.05) is 6.92 Å². The van der Waals surface area contributed by atoms with Crippen LogP contribution in [0.3, 0.4) is 0 Å². The zero-order valence-electron chi connectivity index (χ0n) is 23.4. The summed E-state index contributed by atoms with van der Waals surface area (Å²) < 4.78 is 45.0. The number of benzene rings is 2. The van der Waals surface area contributed by atoms with Gasteiger partial charge in [0.2, 0.25) is 21.8 Å². The minimum absolute atomic E-state index is 0.0182. The molecule has 0 bridgehead atoms. The van der Waals surface area contributed by atoms with Crippen molar-refractivity contribution in [1.29, 1.82) is 0 Å². The van der Waals surface area contributed by atoms with Crippen molar-refractivity contribution in [1.82, 2.24) is 10.2 Å². The first-order valence-electron chi connectivity index (χ1n) is 13.7. The molecular weight excluding hydrogens is 557 g/mol. The zero-order chi connectivity index (χ0) is 29.3. The standard InChI is InChI=1S/C29H39ClFN3O5S/c1-4-26(29(36)32-23-9-6-5-7-10-23)33(20-21-12-14-22(31)15-13-21)28(35)11-8-18-34(40(3,37)38)24-16-17-27(39-2)25(30)19-24/h12-17,19,23,26H,4-11,18,20H2,1-3H3,(H,32,36)/t26-/m1/s1. The fourth-order valence-electron chi connectivity index (χ4n) is 5.06. The third-order valence-electron chi connectivity index (χ3n) is 7.18. The van der Waals surface area contributed by atoms with Crippen molar-refractivity contribution in [2.45, 2.75) is 76.9 Å². The molecule has 0 unspecified atom stereocenters. The van der Waals surface area contributed by atoms with Gasteiger partial charge in [0.05, 0.1) is 24.1 Å². The third-order valence-corrected chi connectivity index (χ3v) is 8.67. The molecule has 1 atom stereocenters. The molecule has 1 fully saturated rings. The van der Waals surface area contributed by atoms with Crippen molar-refractivity contribution in [3.8, 4) is 5.75 Å². The maximum atomic E-state index is 13.6. The number of carbonyl (C=O) groups excluding carboxylic acids is 2. The lowest BCUT2D eigenvalue weighted by atomic mass is 9.95. The highest BCUT2D eigenvalue weighted by atomic mass is 35.5. The van der Waals surface area contributed by atoms with E-state index in [2.05, 4.69) is 5.32 Å². The van der Waals surface area contributed by atoms with Crippen molar-refractivity contribution >= 4 is 39.1 Å². The number of anilines is 1. The van der Waals surface area contributed by atoms with E-state index in [0.29, 0.717) is 23.4 Å². The largest absolute Gasteiger partial charge is 0.495 e. The second kappa shape index (κ2) is 14.7. The minimum Gasteiger partial charge on any atom is -0.495 e. The molecule has 220 valence electrons. The van der Waals surface area contributed by atoms with Gasteiger partial charge in [0.25, 0.3) is 0 Å². The van der Waals surface area contributed by atoms with Crippen LogP contribution in [0, 0.1) is 5.82 Å². The van der Waals surface area contributed by atoms with Crippen molar-refractivity contribution in [3.63, 3.8) is 0 Å². The third kappa shape index (κ3) is 8.83. The van der Waals surface area contributed by atoms with Crippen molar-refractivity contribution in [3.05, 3.63) is 58.9 Å². The molecular formula is C29H39ClFN3O5S. The van der Waals surface area contributed by atoms with Gasteiger partial charge in [0, 0.05) is 25.6 Å². The molecule has 3 rings (SSSR count). The fourth-order valence-corrected chi connectivity index (χ4v) is 6.27. The average Bonchev–Trinajstić information content (AvgIpc) is 2.91. The van der Waals surface area contributed by atoms with Crippen molar-refractivity contribution in [2.24, 2.45) is 0 Å². The Labute approximate surface area is 241 Å². The van der Waals surface area contributed by atoms with E-state index >= 15 is 0 Å². The molecule has 0 saturated heterocycles. The van der Waals surface area contributed by atoms with Crippen LogP contribution in [0.15, 0.2) is 42.5 Å². The number of sulfonamides is 1. The zero-order valence-corrected chi connectivity index (χ0v) is 24.9. The van der Waals surface area contributed by atoms with Crippen molar-refractivity contribution < 1.29 is 27.1 Å². The van der Waals surface area contributed by atoms with Crippen molar-refractivity contribution in [2.75, 3.05) is 24.2 Å². The van der Waals surface area contributed by atoms with Crippen LogP contribution in [0.4, 0.5) is 10.1 Å². The lowest BCUT2D eigenvalue weighted by Gasteiger charge is -2.33. The normalized spacial score (nSPS) is 14.8. The number of nitrogens with one attached hydrogen (secondary N) is 1. The van der Waals surface area contributed by atoms with Gasteiger partial charge in [-0.15, -0.1) is 0 Å². The first kappa shape index (κ1) is 31.7. The highest BCUT2D eigenvalue weighted by Gasteiger charge is 2.30. The van der Waals surface area contributed by atoms with Gasteiger partial charge in [-0.1, -0.05) is 49.9 Å². The van der Waals surface area contributed by atoms with Crippen LogP contribution >= 0.6 is 11.6 Å². The molecule has 2 aromatic carbocycles. The summed E-state index contributed by atoms with van der Waals surface area (Å²) >= 11 is 6.22. The molecule has 1 saturated carbocycles. The van der Waals surface area contributed by atoms with Gasteiger partial charge in [0.15, 0.2) is 0 Å². The molecule has 0 radical (unpaired) electrons. The maximum Gasteiger partial charge on any atom is 0.243 e. The Balaban J connectivity index is 1.76. The Kier molecular flexibility index (Phi) is 11.6. The Morgan fingerprint density at radius 1 is 1.12 bits per heavy atom. The summed E-state index contributed by atoms with van der Waals surface area (Å²) in [5.74, 6) is -0.447. The van der Waals surface area contributed by atoms with E-state index in [1.165, 1.54) is 34.5 Å². The molecule has 0 heterocycles. The van der Waals surface area contributed by atoms with Gasteiger partial charge in [-0.3, -0.25) is 13.9 Å². The van der Waals surface area contributed by atoms with Crippen LogP contribution in [0.2, 0.25) is 5.02 Å². The van der Waals surface area contributed by atoms with Crippen LogP contribution < -0.4 is 14.4 Å². The lowest BCUT2D eigenvalue weighted by molar-refractivity contribution is -0.141. The van der Waals surface area contributed by atoms with E-state index in [4.69, 9.17) is 16.3 Å². The number of methoxy groups -OCH3 is 1. The van der Waals surface area contributed by atoms with Crippen LogP contribution in [-0.4, -0.2) is 57.1 Å². The molecule has 1 N–H and O–H groups in total. The summed E-state index contributed by atoms with van der Waals surface area (Å²) in [5, 5.41) is 3.40. The number of rotatable bonds is 13. The number of halogens is 2. The fraction of sp³-hybridized carbons (Fsp3) is 0.517. The summed E-state index contributed by atoms with van der Waals surface area (Å²) in [5.41, 5.74) is 1.06. The SMILES string of the molecule is CC[C@H](C(=O)NC1CCCCC1)N(Cc1ccc(F)cc1)C(=O)CCCN(c1ccc(OC)c(Cl)c1)S(C)(=O)=O. The highest BCUT2D eigenvalue weighted by Crippen LogP contribution is 2.30. The quantitative estimate of drug-likeness (QED) is 0.339. The first-order chi connectivity index (χ1) is 19.0. The molecule has 2 amide bonds. The molecule has 40 heavy (non-hydrogen) atoms. The molecule has 2 aromatic rings. The van der Waals surface area contributed by atoms with Crippen LogP contribution in [0.25, 0.3) is 0 Å². The summed E-state index contributed by atoms with van der Waals surface area (Å²) in [6, 6.07) is 9.92. The summed E-state index contributed by atoms with van der Waals surface area (Å²) in [6.45, 7) is 2.04. The van der Waals surface area contributed by atoms with Crippen LogP contribution in [-0.2, 0) is 26.2 Å². The number of nitrogens with zero attached hydrogens (tertiary/aromatic N) is 2. The summed E-state index contributed by atoms with van der Waals surface area (Å²) in [6.07, 6.45) is 6.87. The minimum atomic E-state index is -3.67. The number of hydrogen-bond acceptors (Lipinski definition) is 5. The molecule has 8 nitrogen and oxygen atoms in total. The molecule has 1 aliphatic carbocycles. The number of hydrogen-bond donors (Lipinski definition) is 1. The predicted octanol–water partition coefficient (Wildman–Crippen LogP) is 5.29. The molecule has 0 spiro atoms. The van der Waals surface area contributed by atoms with Gasteiger partial charge >= 0.3 is 0 Å². The Morgan fingerprint density at radius 2 is 1.80 bits per heavy atom. The Hall–Kier alpha value is -2.85. The highest BCUT2D eigenvalue weighted by molar-refractivity contribution is 7.92. The predicted molar refractivity (Wildman–Crippen MR) is 155 cm³/mol. The second-order valence-electron chi connectivity index (χ2n) is 10.2. The summed E-state index contributed by atoms with van der Waals surface area (Å²) in [4.78, 5) is 28.5. The van der Waals surface area contributed by atoms with E-state index in [0.717, 1.165) is 38.4 Å². The Morgan fingerprint density at radius 3 is 2.38 bits per heavy atom. The van der Waals surface area contributed by atoms with Gasteiger partial charge in [-0.05, 0) is 61.6 Å². The average molecular weight is 596 g/mol.